The van der Waals surface area contributed by atoms with Crippen molar-refractivity contribution in [3.63, 3.8) is 0 Å². The molecular formula is C11H10ClN5O2. The third-order valence-electron chi connectivity index (χ3n) is 2.21. The molecule has 2 aromatic heterocycles. The highest BCUT2D eigenvalue weighted by atomic mass is 35.5. The topological polar surface area (TPSA) is 103 Å². The van der Waals surface area contributed by atoms with Crippen LogP contribution in [0.5, 0.6) is 0 Å². The molecule has 0 bridgehead atoms. The number of rotatable bonds is 3. The predicted molar refractivity (Wildman–Crippen MR) is 70.8 cm³/mol. The second-order valence-corrected chi connectivity index (χ2v) is 4.03. The Labute approximate surface area is 113 Å². The van der Waals surface area contributed by atoms with Crippen molar-refractivity contribution in [2.75, 3.05) is 11.1 Å². The number of nitrogen functional groups attached to an aromatic ring is 1. The van der Waals surface area contributed by atoms with Gasteiger partial charge in [-0.15, -0.1) is 0 Å². The molecule has 2 heterocycles. The Morgan fingerprint density at radius 1 is 1.42 bits per heavy atom. The molecule has 0 saturated carbocycles. The van der Waals surface area contributed by atoms with Gasteiger partial charge < -0.3 is 15.6 Å². The average Bonchev–Trinajstić information content (AvgIpc) is 2.34. The first-order valence-corrected chi connectivity index (χ1v) is 5.67. The molecule has 0 aromatic carbocycles. The molecule has 7 nitrogen and oxygen atoms in total. The lowest BCUT2D eigenvalue weighted by atomic mass is 10.4. The largest absolute Gasteiger partial charge is 0.398 e. The van der Waals surface area contributed by atoms with E-state index < -0.39 is 5.91 Å². The van der Waals surface area contributed by atoms with Crippen LogP contribution in [0.1, 0.15) is 0 Å². The van der Waals surface area contributed by atoms with Gasteiger partial charge in [0.15, 0.2) is 0 Å². The van der Waals surface area contributed by atoms with Crippen LogP contribution in [-0.4, -0.2) is 20.4 Å². The van der Waals surface area contributed by atoms with E-state index in [4.69, 9.17) is 17.3 Å². The molecule has 98 valence electrons. The fourth-order valence-electron chi connectivity index (χ4n) is 1.42. The van der Waals surface area contributed by atoms with Gasteiger partial charge in [0.2, 0.25) is 11.2 Å². The number of amides is 1. The van der Waals surface area contributed by atoms with E-state index in [0.29, 0.717) is 5.69 Å². The Bertz CT molecular complexity index is 670. The number of carbonyl (C=O) groups excluding carboxylic acids is 1. The Hall–Kier alpha value is -2.41. The smallest absolute Gasteiger partial charge is 0.251 e. The van der Waals surface area contributed by atoms with Crippen LogP contribution in [0.4, 0.5) is 11.5 Å². The minimum atomic E-state index is -0.414. The molecule has 2 rings (SSSR count). The van der Waals surface area contributed by atoms with Crippen molar-refractivity contribution in [3.05, 3.63) is 46.2 Å². The molecule has 0 fully saturated rings. The molecular weight excluding hydrogens is 270 g/mol. The highest BCUT2D eigenvalue weighted by Gasteiger charge is 2.06. The number of nitrogens with zero attached hydrogens (tertiary/aromatic N) is 3. The number of pyridine rings is 1. The van der Waals surface area contributed by atoms with Crippen LogP contribution in [0.25, 0.3) is 0 Å². The van der Waals surface area contributed by atoms with Crippen molar-refractivity contribution in [3.8, 4) is 0 Å². The molecule has 3 N–H and O–H groups in total. The zero-order chi connectivity index (χ0) is 13.8. The number of aromatic nitrogens is 3. The van der Waals surface area contributed by atoms with Crippen LogP contribution in [-0.2, 0) is 11.3 Å². The molecule has 2 aromatic rings. The first-order valence-electron chi connectivity index (χ1n) is 5.29. The summed E-state index contributed by atoms with van der Waals surface area (Å²) >= 11 is 5.59. The number of hydrogen-bond donors (Lipinski definition) is 2. The third kappa shape index (κ3) is 3.52. The van der Waals surface area contributed by atoms with Gasteiger partial charge in [-0.2, -0.15) is 0 Å². The van der Waals surface area contributed by atoms with E-state index in [1.165, 1.54) is 35.2 Å². The molecule has 0 aliphatic heterocycles. The van der Waals surface area contributed by atoms with E-state index in [9.17, 15) is 9.59 Å². The highest BCUT2D eigenvalue weighted by molar-refractivity contribution is 6.28. The molecule has 1 amide bonds. The Balaban J connectivity index is 2.09. The van der Waals surface area contributed by atoms with E-state index in [1.807, 2.05) is 0 Å². The number of anilines is 2. The highest BCUT2D eigenvalue weighted by Crippen LogP contribution is 2.05. The van der Waals surface area contributed by atoms with Crippen LogP contribution in [0.15, 0.2) is 35.4 Å². The monoisotopic (exact) mass is 279 g/mol. The average molecular weight is 280 g/mol. The molecule has 19 heavy (non-hydrogen) atoms. The van der Waals surface area contributed by atoms with Crippen LogP contribution in [0.3, 0.4) is 0 Å². The van der Waals surface area contributed by atoms with E-state index in [0.717, 1.165) is 0 Å². The number of hydrogen-bond acceptors (Lipinski definition) is 5. The van der Waals surface area contributed by atoms with E-state index in [1.54, 1.807) is 0 Å². The lowest BCUT2D eigenvalue weighted by Gasteiger charge is -2.07. The minimum Gasteiger partial charge on any atom is -0.398 e. The molecule has 0 aliphatic carbocycles. The van der Waals surface area contributed by atoms with Gasteiger partial charge in [0.25, 0.3) is 5.56 Å². The van der Waals surface area contributed by atoms with Gasteiger partial charge in [-0.1, -0.05) is 0 Å². The lowest BCUT2D eigenvalue weighted by Crippen LogP contribution is -2.27. The summed E-state index contributed by atoms with van der Waals surface area (Å²) < 4.78 is 1.20. The molecule has 0 aliphatic rings. The zero-order valence-electron chi connectivity index (χ0n) is 9.71. The van der Waals surface area contributed by atoms with Crippen molar-refractivity contribution >= 4 is 29.0 Å². The third-order valence-corrected chi connectivity index (χ3v) is 2.40. The Kier molecular flexibility index (Phi) is 3.76. The molecule has 0 atom stereocenters. The second-order valence-electron chi connectivity index (χ2n) is 3.69. The second kappa shape index (κ2) is 5.49. The van der Waals surface area contributed by atoms with E-state index in [2.05, 4.69) is 15.3 Å². The summed E-state index contributed by atoms with van der Waals surface area (Å²) in [6, 6.07) is 4.26. The summed E-state index contributed by atoms with van der Waals surface area (Å²) in [4.78, 5) is 30.7. The quantitative estimate of drug-likeness (QED) is 0.797. The number of nitrogens with one attached hydrogen (secondary N) is 1. The van der Waals surface area contributed by atoms with Gasteiger partial charge in [0.1, 0.15) is 12.4 Å². The number of carbonyl (C=O) groups is 1. The van der Waals surface area contributed by atoms with Crippen LogP contribution < -0.4 is 16.6 Å². The van der Waals surface area contributed by atoms with Gasteiger partial charge >= 0.3 is 0 Å². The summed E-state index contributed by atoms with van der Waals surface area (Å²) in [5.41, 5.74) is 5.63. The molecule has 8 heteroatoms. The first kappa shape index (κ1) is 13.0. The first-order chi connectivity index (χ1) is 9.04. The maximum absolute atomic E-state index is 11.7. The number of halogens is 1. The van der Waals surface area contributed by atoms with Crippen molar-refractivity contribution in [2.45, 2.75) is 6.54 Å². The summed E-state index contributed by atoms with van der Waals surface area (Å²) in [7, 11) is 0. The lowest BCUT2D eigenvalue weighted by molar-refractivity contribution is -0.116. The fraction of sp³-hybridized carbons (Fsp3) is 0.0909. The molecule has 0 radical (unpaired) electrons. The summed E-state index contributed by atoms with van der Waals surface area (Å²) in [5.74, 6) is -0.149. The van der Waals surface area contributed by atoms with Gasteiger partial charge in [-0.05, 0) is 23.7 Å². The standard InChI is InChI=1S/C11H10ClN5O2/c12-11-14-4-3-8(16-11)15-9(18)6-17-5-7(13)1-2-10(17)19/h1-5H,6,13H2,(H,14,15,16,18). The van der Waals surface area contributed by atoms with Gasteiger partial charge in [0, 0.05) is 24.1 Å². The maximum atomic E-state index is 11.7. The maximum Gasteiger partial charge on any atom is 0.251 e. The summed E-state index contributed by atoms with van der Waals surface area (Å²) in [5, 5.41) is 2.53. The van der Waals surface area contributed by atoms with Crippen molar-refractivity contribution in [2.24, 2.45) is 0 Å². The van der Waals surface area contributed by atoms with Crippen molar-refractivity contribution < 1.29 is 4.79 Å². The minimum absolute atomic E-state index is 0.0268. The predicted octanol–water partition coefficient (Wildman–Crippen LogP) is 0.513. The number of nitrogens with two attached hydrogens (primary N) is 1. The van der Waals surface area contributed by atoms with Gasteiger partial charge in [0.05, 0.1) is 0 Å². The Morgan fingerprint density at radius 3 is 2.95 bits per heavy atom. The van der Waals surface area contributed by atoms with Crippen molar-refractivity contribution in [1.29, 1.82) is 0 Å². The van der Waals surface area contributed by atoms with Crippen molar-refractivity contribution in [1.82, 2.24) is 14.5 Å². The van der Waals surface area contributed by atoms with Crippen LogP contribution in [0, 0.1) is 0 Å². The van der Waals surface area contributed by atoms with E-state index in [-0.39, 0.29) is 23.2 Å². The zero-order valence-corrected chi connectivity index (χ0v) is 10.5. The van der Waals surface area contributed by atoms with Crippen LogP contribution in [0.2, 0.25) is 5.28 Å². The fourth-order valence-corrected chi connectivity index (χ4v) is 1.56. The Morgan fingerprint density at radius 2 is 2.21 bits per heavy atom. The summed E-state index contributed by atoms with van der Waals surface area (Å²) in [6.45, 7) is -0.161. The van der Waals surface area contributed by atoms with Gasteiger partial charge in [-0.25, -0.2) is 9.97 Å². The molecule has 0 unspecified atom stereocenters. The molecule has 0 saturated heterocycles. The summed E-state index contributed by atoms with van der Waals surface area (Å²) in [6.07, 6.45) is 2.81. The SMILES string of the molecule is Nc1ccc(=O)n(CC(=O)Nc2ccnc(Cl)n2)c1. The molecule has 0 spiro atoms. The van der Waals surface area contributed by atoms with E-state index >= 15 is 0 Å². The normalized spacial score (nSPS) is 10.2. The van der Waals surface area contributed by atoms with Gasteiger partial charge in [-0.3, -0.25) is 9.59 Å². The van der Waals surface area contributed by atoms with Crippen LogP contribution >= 0.6 is 11.6 Å².